The van der Waals surface area contributed by atoms with E-state index in [1.54, 1.807) is 13.0 Å². The van der Waals surface area contributed by atoms with Crippen LogP contribution in [0.3, 0.4) is 0 Å². The van der Waals surface area contributed by atoms with Gasteiger partial charge in [0.25, 0.3) is 0 Å². The molecule has 2 atom stereocenters. The first kappa shape index (κ1) is 33.6. The Hall–Kier alpha value is -3.71. The molecule has 248 valence electrons. The maximum absolute atomic E-state index is 14.1. The molecule has 0 bridgehead atoms. The molecule has 3 aromatic rings. The van der Waals surface area contributed by atoms with Gasteiger partial charge >= 0.3 is 12.4 Å². The number of aliphatic hydroxyl groups is 1. The summed E-state index contributed by atoms with van der Waals surface area (Å²) in [5.74, 6) is -0.755. The van der Waals surface area contributed by atoms with E-state index in [1.165, 1.54) is 45.3 Å². The molecule has 2 aliphatic rings. The minimum Gasteiger partial charge on any atom is -0.394 e. The molecule has 2 aromatic carbocycles. The largest absolute Gasteiger partial charge is 0.416 e. The minimum atomic E-state index is -5.08. The third kappa shape index (κ3) is 6.44. The Balaban J connectivity index is 1.59. The zero-order valence-corrected chi connectivity index (χ0v) is 25.8. The summed E-state index contributed by atoms with van der Waals surface area (Å²) in [5, 5.41) is 10.2. The second-order valence-corrected chi connectivity index (χ2v) is 12.6. The Bertz CT molecular complexity index is 1590. The first-order chi connectivity index (χ1) is 21.4. The van der Waals surface area contributed by atoms with Crippen LogP contribution < -0.4 is 9.80 Å². The van der Waals surface area contributed by atoms with Gasteiger partial charge in [-0.15, -0.1) is 0 Å². The smallest absolute Gasteiger partial charge is 0.394 e. The number of halogens is 7. The lowest BCUT2D eigenvalue weighted by atomic mass is 9.81. The molecule has 0 saturated carbocycles. The number of aromatic nitrogens is 1. The number of hydrogen-bond donors (Lipinski definition) is 1. The van der Waals surface area contributed by atoms with Gasteiger partial charge in [0.05, 0.1) is 41.1 Å². The van der Waals surface area contributed by atoms with Crippen molar-refractivity contribution in [1.82, 2.24) is 9.88 Å². The van der Waals surface area contributed by atoms with Crippen molar-refractivity contribution in [2.75, 3.05) is 43.1 Å². The van der Waals surface area contributed by atoms with E-state index >= 15 is 0 Å². The number of piperazine rings is 1. The lowest BCUT2D eigenvalue weighted by molar-refractivity contribution is -0.143. The molecule has 2 fully saturated rings. The molecule has 1 N–H and O–H groups in total. The summed E-state index contributed by atoms with van der Waals surface area (Å²) in [5.41, 5.74) is -3.58. The summed E-state index contributed by atoms with van der Waals surface area (Å²) < 4.78 is 96.1. The fourth-order valence-corrected chi connectivity index (χ4v) is 6.50. The average molecular weight is 653 g/mol. The van der Waals surface area contributed by atoms with Crippen LogP contribution in [0.5, 0.6) is 0 Å². The molecular formula is C33H35F7N4O2. The lowest BCUT2D eigenvalue weighted by Crippen LogP contribution is -2.57. The minimum absolute atomic E-state index is 0.0247. The number of alkyl halides is 6. The number of carbonyl (C=O) groups is 1. The number of carbonyl (C=O) groups excluding carboxylic acids is 1. The Kier molecular flexibility index (Phi) is 8.88. The summed E-state index contributed by atoms with van der Waals surface area (Å²) in [6.07, 6.45) is -6.70. The van der Waals surface area contributed by atoms with E-state index in [1.807, 2.05) is 4.90 Å². The number of amides is 1. The first-order valence-corrected chi connectivity index (χ1v) is 14.9. The Morgan fingerprint density at radius 2 is 1.59 bits per heavy atom. The van der Waals surface area contributed by atoms with Crippen molar-refractivity contribution in [3.63, 3.8) is 0 Å². The molecule has 0 aliphatic carbocycles. The van der Waals surface area contributed by atoms with E-state index in [0.29, 0.717) is 47.7 Å². The maximum atomic E-state index is 14.1. The van der Waals surface area contributed by atoms with Crippen LogP contribution in [0.15, 0.2) is 48.7 Å². The van der Waals surface area contributed by atoms with E-state index < -0.39 is 46.2 Å². The second-order valence-electron chi connectivity index (χ2n) is 12.6. The highest BCUT2D eigenvalue weighted by atomic mass is 19.4. The lowest BCUT2D eigenvalue weighted by Gasteiger charge is -2.44. The van der Waals surface area contributed by atoms with Gasteiger partial charge in [-0.25, -0.2) is 9.37 Å². The third-order valence-corrected chi connectivity index (χ3v) is 9.15. The fourth-order valence-electron chi connectivity index (χ4n) is 6.50. The number of fused-ring (bicyclic) bond motifs is 1. The molecule has 1 unspecified atom stereocenters. The number of likely N-dealkylation sites (N-methyl/N-ethyl adjacent to an activating group) is 1. The molecule has 2 aliphatic heterocycles. The normalized spacial score (nSPS) is 19.3. The topological polar surface area (TPSA) is 59.9 Å². The number of pyridine rings is 1. The Morgan fingerprint density at radius 3 is 2.17 bits per heavy atom. The Labute approximate surface area is 262 Å². The van der Waals surface area contributed by atoms with E-state index in [2.05, 4.69) is 9.88 Å². The number of hydrogen-bond acceptors (Lipinski definition) is 5. The number of nitrogens with zero attached hydrogens (tertiary/aromatic N) is 4. The summed E-state index contributed by atoms with van der Waals surface area (Å²) >= 11 is 0. The van der Waals surface area contributed by atoms with E-state index in [-0.39, 0.29) is 30.4 Å². The number of benzene rings is 2. The molecule has 1 aromatic heterocycles. The van der Waals surface area contributed by atoms with Gasteiger partial charge in [-0.2, -0.15) is 26.3 Å². The van der Waals surface area contributed by atoms with Crippen molar-refractivity contribution >= 4 is 17.4 Å². The van der Waals surface area contributed by atoms with Crippen molar-refractivity contribution in [1.29, 1.82) is 0 Å². The van der Waals surface area contributed by atoms with Gasteiger partial charge in [0.1, 0.15) is 11.6 Å². The van der Waals surface area contributed by atoms with E-state index in [0.717, 1.165) is 24.3 Å². The molecule has 5 rings (SSSR count). The third-order valence-electron chi connectivity index (χ3n) is 9.15. The van der Waals surface area contributed by atoms with Gasteiger partial charge in [-0.05, 0) is 93.2 Å². The van der Waals surface area contributed by atoms with Crippen LogP contribution in [0, 0.1) is 12.7 Å². The summed E-state index contributed by atoms with van der Waals surface area (Å²) in [4.78, 5) is 24.2. The maximum Gasteiger partial charge on any atom is 0.416 e. The highest BCUT2D eigenvalue weighted by Gasteiger charge is 2.42. The van der Waals surface area contributed by atoms with Crippen LogP contribution in [-0.2, 0) is 22.6 Å². The van der Waals surface area contributed by atoms with Crippen LogP contribution in [-0.4, -0.2) is 66.3 Å². The van der Waals surface area contributed by atoms with E-state index in [4.69, 9.17) is 0 Å². The average Bonchev–Trinajstić information content (AvgIpc) is 3.46. The van der Waals surface area contributed by atoms with Crippen molar-refractivity contribution in [3.05, 3.63) is 76.7 Å². The van der Waals surface area contributed by atoms with Gasteiger partial charge in [-0.3, -0.25) is 9.69 Å². The first-order valence-electron chi connectivity index (χ1n) is 14.9. The second kappa shape index (κ2) is 12.1. The quantitative estimate of drug-likeness (QED) is 0.297. The molecule has 0 spiro atoms. The molecule has 1 amide bonds. The highest BCUT2D eigenvalue weighted by molar-refractivity contribution is 6.03. The molecule has 2 saturated heterocycles. The van der Waals surface area contributed by atoms with Crippen LogP contribution >= 0.6 is 0 Å². The fraction of sp³-hybridized carbons (Fsp3) is 0.455. The van der Waals surface area contributed by atoms with Crippen LogP contribution in [0.1, 0.15) is 48.9 Å². The summed E-state index contributed by atoms with van der Waals surface area (Å²) in [6, 6.07) is 7.01. The van der Waals surface area contributed by atoms with Crippen LogP contribution in [0.2, 0.25) is 0 Å². The predicted molar refractivity (Wildman–Crippen MR) is 160 cm³/mol. The zero-order valence-electron chi connectivity index (χ0n) is 25.8. The van der Waals surface area contributed by atoms with Crippen molar-refractivity contribution in [3.8, 4) is 11.1 Å². The van der Waals surface area contributed by atoms with Crippen LogP contribution in [0.4, 0.5) is 42.2 Å². The number of anilines is 2. The molecule has 46 heavy (non-hydrogen) atoms. The molecular weight excluding hydrogens is 617 g/mol. The van der Waals surface area contributed by atoms with Crippen molar-refractivity contribution < 1.29 is 40.6 Å². The summed E-state index contributed by atoms with van der Waals surface area (Å²) in [7, 11) is 1.37. The molecule has 6 nitrogen and oxygen atoms in total. The molecule has 3 heterocycles. The van der Waals surface area contributed by atoms with Gasteiger partial charge in [0.2, 0.25) is 5.91 Å². The molecule has 13 heteroatoms. The van der Waals surface area contributed by atoms with Gasteiger partial charge in [-0.1, -0.05) is 6.07 Å². The van der Waals surface area contributed by atoms with Crippen molar-refractivity contribution in [2.45, 2.75) is 63.5 Å². The van der Waals surface area contributed by atoms with Gasteiger partial charge in [0, 0.05) is 31.7 Å². The number of aryl methyl sites for hydroxylation is 1. The zero-order chi connectivity index (χ0) is 33.8. The number of aliphatic hydroxyl groups excluding tert-OH is 1. The number of rotatable bonds is 6. The monoisotopic (exact) mass is 652 g/mol. The van der Waals surface area contributed by atoms with Crippen molar-refractivity contribution in [2.24, 2.45) is 0 Å². The highest BCUT2D eigenvalue weighted by Crippen LogP contribution is 2.42. The van der Waals surface area contributed by atoms with Gasteiger partial charge < -0.3 is 14.9 Å². The molecule has 0 radical (unpaired) electrons. The SMILES string of the molecule is Cc1cc(F)ccc1-c1cc(N2C[C@H]3CCCN3CC2CO)ncc1N(C)C(=O)C(C)(C)c1cc(C(F)(F)F)cc(C(F)(F)F)c1. The predicted octanol–water partition coefficient (Wildman–Crippen LogP) is 6.82. The van der Waals surface area contributed by atoms with E-state index in [9.17, 15) is 40.6 Å². The summed E-state index contributed by atoms with van der Waals surface area (Å²) in [6.45, 7) is 6.28. The Morgan fingerprint density at radius 1 is 0.957 bits per heavy atom. The van der Waals surface area contributed by atoms with Crippen LogP contribution in [0.25, 0.3) is 11.1 Å². The van der Waals surface area contributed by atoms with Gasteiger partial charge in [0.15, 0.2) is 0 Å². The standard InChI is InChI=1S/C33H35F7N4O2/c1-19-10-23(34)7-8-26(19)27-14-29(44-17-24-6-5-9-43(24)16-25(44)18-45)41-15-28(27)42(4)30(46)31(2,3)20-11-21(32(35,36)37)13-22(12-20)33(38,39)40/h7-8,10-15,24-25,45H,5-6,9,16-18H2,1-4H3/t24-,25?/m1/s1.